The Kier molecular flexibility index (Phi) is 5.19. The lowest BCUT2D eigenvalue weighted by molar-refractivity contribution is 0.610. The van der Waals surface area contributed by atoms with Crippen LogP contribution in [0.1, 0.15) is 47.2 Å². The van der Waals surface area contributed by atoms with Crippen molar-refractivity contribution in [2.24, 2.45) is 10.2 Å². The van der Waals surface area contributed by atoms with Gasteiger partial charge in [0, 0.05) is 22.9 Å². The predicted octanol–water partition coefficient (Wildman–Crippen LogP) is 5.87. The maximum atomic E-state index is 5.99. The summed E-state index contributed by atoms with van der Waals surface area (Å²) in [5.74, 6) is 0. The maximum Gasteiger partial charge on any atom is 0.0745 e. The Hall–Kier alpha value is -2.82. The van der Waals surface area contributed by atoms with Gasteiger partial charge in [-0.1, -0.05) is 71.7 Å². The van der Waals surface area contributed by atoms with Gasteiger partial charge in [0.2, 0.25) is 0 Å². The average Bonchev–Trinajstić information content (AvgIpc) is 3.45. The van der Waals surface area contributed by atoms with Gasteiger partial charge in [-0.25, -0.2) is 0 Å². The van der Waals surface area contributed by atoms with Crippen LogP contribution in [0.4, 0.5) is 0 Å². The predicted molar refractivity (Wildman–Crippen MR) is 123 cm³/mol. The van der Waals surface area contributed by atoms with E-state index in [1.165, 1.54) is 11.1 Å². The third-order valence-corrected chi connectivity index (χ3v) is 6.11. The van der Waals surface area contributed by atoms with Gasteiger partial charge in [0.1, 0.15) is 0 Å². The Balaban J connectivity index is 1.23. The molecule has 3 aromatic rings. The molecule has 2 N–H and O–H groups in total. The molecule has 3 aromatic carbocycles. The molecular weight excluding hydrogens is 415 g/mol. The SMILES string of the molecule is Clc1ccc(C2=NNC(c3ccc(C4CC(c5ccc(Cl)cc5)=NN4)cc3)C2)cc1. The molecule has 5 rings (SSSR count). The van der Waals surface area contributed by atoms with Gasteiger partial charge in [0.05, 0.1) is 23.5 Å². The lowest BCUT2D eigenvalue weighted by Crippen LogP contribution is -2.12. The van der Waals surface area contributed by atoms with Crippen molar-refractivity contribution in [1.29, 1.82) is 0 Å². The van der Waals surface area contributed by atoms with Crippen LogP contribution in [0.2, 0.25) is 10.0 Å². The molecule has 0 aliphatic carbocycles. The first-order chi connectivity index (χ1) is 14.7. The summed E-state index contributed by atoms with van der Waals surface area (Å²) < 4.78 is 0. The average molecular weight is 435 g/mol. The lowest BCUT2D eigenvalue weighted by Gasteiger charge is -2.14. The van der Waals surface area contributed by atoms with Crippen molar-refractivity contribution in [3.8, 4) is 0 Å². The van der Waals surface area contributed by atoms with Crippen LogP contribution >= 0.6 is 23.2 Å². The standard InChI is InChI=1S/C24H20Cl2N4/c25-19-9-5-17(6-10-19)23-13-21(27-29-23)15-1-2-16(4-3-15)22-14-24(30-28-22)18-7-11-20(26)12-8-18/h1-12,21-22,27-28H,13-14H2. The van der Waals surface area contributed by atoms with Gasteiger partial charge in [0.25, 0.3) is 0 Å². The molecule has 0 saturated carbocycles. The summed E-state index contributed by atoms with van der Waals surface area (Å²) >= 11 is 12.0. The lowest BCUT2D eigenvalue weighted by atomic mass is 9.95. The summed E-state index contributed by atoms with van der Waals surface area (Å²) in [6.45, 7) is 0. The van der Waals surface area contributed by atoms with Gasteiger partial charge in [-0.15, -0.1) is 0 Å². The number of rotatable bonds is 4. The Morgan fingerprint density at radius 3 is 1.30 bits per heavy atom. The molecule has 2 unspecified atom stereocenters. The Bertz CT molecular complexity index is 1010. The van der Waals surface area contributed by atoms with Crippen LogP contribution in [-0.2, 0) is 0 Å². The molecular formula is C24H20Cl2N4. The van der Waals surface area contributed by atoms with Gasteiger partial charge >= 0.3 is 0 Å². The molecule has 2 aliphatic rings. The van der Waals surface area contributed by atoms with Crippen molar-refractivity contribution in [3.63, 3.8) is 0 Å². The topological polar surface area (TPSA) is 48.8 Å². The summed E-state index contributed by atoms with van der Waals surface area (Å²) in [6, 6.07) is 24.7. The van der Waals surface area contributed by atoms with Crippen LogP contribution in [0, 0.1) is 0 Å². The van der Waals surface area contributed by atoms with E-state index in [0.717, 1.165) is 45.4 Å². The highest BCUT2D eigenvalue weighted by atomic mass is 35.5. The highest BCUT2D eigenvalue weighted by Gasteiger charge is 2.24. The minimum absolute atomic E-state index is 0.183. The first kappa shape index (κ1) is 19.2. The molecule has 0 aromatic heterocycles. The van der Waals surface area contributed by atoms with Crippen LogP contribution < -0.4 is 10.9 Å². The number of benzene rings is 3. The van der Waals surface area contributed by atoms with E-state index in [0.29, 0.717) is 0 Å². The number of nitrogens with one attached hydrogen (secondary N) is 2. The molecule has 0 radical (unpaired) electrons. The highest BCUT2D eigenvalue weighted by molar-refractivity contribution is 6.31. The van der Waals surface area contributed by atoms with Crippen molar-refractivity contribution in [1.82, 2.24) is 10.9 Å². The summed E-state index contributed by atoms with van der Waals surface area (Å²) in [4.78, 5) is 0. The summed E-state index contributed by atoms with van der Waals surface area (Å²) in [5.41, 5.74) is 13.3. The number of hydrogen-bond donors (Lipinski definition) is 2. The van der Waals surface area contributed by atoms with E-state index in [1.807, 2.05) is 48.5 Å². The zero-order valence-corrected chi connectivity index (χ0v) is 17.7. The fourth-order valence-electron chi connectivity index (χ4n) is 3.88. The molecule has 0 fully saturated rings. The number of hydrazone groups is 2. The van der Waals surface area contributed by atoms with Gasteiger partial charge in [-0.05, 0) is 46.5 Å². The molecule has 150 valence electrons. The van der Waals surface area contributed by atoms with E-state index in [2.05, 4.69) is 45.3 Å². The largest absolute Gasteiger partial charge is 0.302 e. The second kappa shape index (κ2) is 8.13. The third-order valence-electron chi connectivity index (χ3n) is 5.60. The highest BCUT2D eigenvalue weighted by Crippen LogP contribution is 2.29. The number of halogens is 2. The zero-order valence-electron chi connectivity index (χ0n) is 16.1. The van der Waals surface area contributed by atoms with Gasteiger partial charge in [-0.3, -0.25) is 0 Å². The molecule has 2 atom stereocenters. The van der Waals surface area contributed by atoms with Crippen molar-refractivity contribution in [2.45, 2.75) is 24.9 Å². The second-order valence-electron chi connectivity index (χ2n) is 7.57. The van der Waals surface area contributed by atoms with E-state index in [1.54, 1.807) is 0 Å². The van der Waals surface area contributed by atoms with Crippen molar-refractivity contribution in [2.75, 3.05) is 0 Å². The van der Waals surface area contributed by atoms with Crippen molar-refractivity contribution < 1.29 is 0 Å². The fraction of sp³-hybridized carbons (Fsp3) is 0.167. The minimum Gasteiger partial charge on any atom is -0.302 e. The molecule has 6 heteroatoms. The molecule has 0 saturated heterocycles. The molecule has 0 spiro atoms. The first-order valence-electron chi connectivity index (χ1n) is 9.91. The molecule has 2 aliphatic heterocycles. The Labute approximate surface area is 185 Å². The van der Waals surface area contributed by atoms with E-state index >= 15 is 0 Å². The van der Waals surface area contributed by atoms with E-state index in [-0.39, 0.29) is 12.1 Å². The number of hydrogen-bond acceptors (Lipinski definition) is 4. The second-order valence-corrected chi connectivity index (χ2v) is 8.44. The maximum absolute atomic E-state index is 5.99. The van der Waals surface area contributed by atoms with Crippen LogP contribution in [0.5, 0.6) is 0 Å². The Morgan fingerprint density at radius 2 is 0.933 bits per heavy atom. The quantitative estimate of drug-likeness (QED) is 0.539. The third kappa shape index (κ3) is 3.93. The molecule has 0 amide bonds. The molecule has 2 heterocycles. The van der Waals surface area contributed by atoms with Crippen molar-refractivity contribution in [3.05, 3.63) is 105 Å². The number of nitrogens with zero attached hydrogens (tertiary/aromatic N) is 2. The van der Waals surface area contributed by atoms with Gasteiger partial charge in [0.15, 0.2) is 0 Å². The van der Waals surface area contributed by atoms with Crippen LogP contribution in [0.25, 0.3) is 0 Å². The molecule has 4 nitrogen and oxygen atoms in total. The normalized spacial score (nSPS) is 20.3. The van der Waals surface area contributed by atoms with Gasteiger partial charge < -0.3 is 10.9 Å². The zero-order chi connectivity index (χ0) is 20.5. The smallest absolute Gasteiger partial charge is 0.0745 e. The molecule has 30 heavy (non-hydrogen) atoms. The summed E-state index contributed by atoms with van der Waals surface area (Å²) in [7, 11) is 0. The molecule has 0 bridgehead atoms. The van der Waals surface area contributed by atoms with E-state index in [4.69, 9.17) is 23.2 Å². The fourth-order valence-corrected chi connectivity index (χ4v) is 4.13. The minimum atomic E-state index is 0.183. The monoisotopic (exact) mass is 434 g/mol. The van der Waals surface area contributed by atoms with Crippen molar-refractivity contribution >= 4 is 34.6 Å². The van der Waals surface area contributed by atoms with E-state index in [9.17, 15) is 0 Å². The van der Waals surface area contributed by atoms with Gasteiger partial charge in [-0.2, -0.15) is 10.2 Å². The summed E-state index contributed by atoms with van der Waals surface area (Å²) in [6.07, 6.45) is 1.71. The summed E-state index contributed by atoms with van der Waals surface area (Å²) in [5, 5.41) is 10.5. The van der Waals surface area contributed by atoms with Crippen LogP contribution in [0.15, 0.2) is 83.0 Å². The Morgan fingerprint density at radius 1 is 0.567 bits per heavy atom. The first-order valence-corrected chi connectivity index (χ1v) is 10.7. The van der Waals surface area contributed by atoms with Crippen LogP contribution in [0.3, 0.4) is 0 Å². The van der Waals surface area contributed by atoms with E-state index < -0.39 is 0 Å². The van der Waals surface area contributed by atoms with Crippen LogP contribution in [-0.4, -0.2) is 11.4 Å².